The van der Waals surface area contributed by atoms with Crippen molar-refractivity contribution in [1.82, 2.24) is 9.97 Å². The maximum atomic E-state index is 11.8. The van der Waals surface area contributed by atoms with E-state index in [0.717, 1.165) is 16.9 Å². The van der Waals surface area contributed by atoms with Crippen molar-refractivity contribution in [1.29, 1.82) is 0 Å². The number of aromatic amines is 1. The zero-order chi connectivity index (χ0) is 20.5. The topological polar surface area (TPSA) is 107 Å². The Bertz CT molecular complexity index is 725. The van der Waals surface area contributed by atoms with Crippen molar-refractivity contribution >= 4 is 11.7 Å². The van der Waals surface area contributed by atoms with E-state index >= 15 is 0 Å². The number of hydrogen-bond acceptors (Lipinski definition) is 6. The van der Waals surface area contributed by atoms with Gasteiger partial charge >= 0.3 is 5.97 Å². The van der Waals surface area contributed by atoms with Gasteiger partial charge in [0.1, 0.15) is 12.7 Å². The summed E-state index contributed by atoms with van der Waals surface area (Å²) >= 11 is 0. The molecule has 2 aromatic rings. The molecule has 0 radical (unpaired) electrons. The number of rotatable bonds is 9. The van der Waals surface area contributed by atoms with Gasteiger partial charge in [-0.1, -0.05) is 37.8 Å². The molecule has 0 saturated heterocycles. The third-order valence-corrected chi connectivity index (χ3v) is 5.50. The molecule has 7 heteroatoms. The van der Waals surface area contributed by atoms with Crippen molar-refractivity contribution in [3.63, 3.8) is 0 Å². The van der Waals surface area contributed by atoms with Gasteiger partial charge in [-0.3, -0.25) is 4.79 Å². The van der Waals surface area contributed by atoms with E-state index in [2.05, 4.69) is 15.3 Å². The second kappa shape index (κ2) is 11.0. The van der Waals surface area contributed by atoms with E-state index in [9.17, 15) is 9.90 Å². The molecule has 2 atom stereocenters. The van der Waals surface area contributed by atoms with Crippen LogP contribution in [0.5, 0.6) is 0 Å². The maximum absolute atomic E-state index is 11.8. The van der Waals surface area contributed by atoms with Gasteiger partial charge in [0.05, 0.1) is 37.3 Å². The van der Waals surface area contributed by atoms with Crippen LogP contribution >= 0.6 is 0 Å². The first-order valence-corrected chi connectivity index (χ1v) is 10.4. The Labute approximate surface area is 171 Å². The predicted molar refractivity (Wildman–Crippen MR) is 110 cm³/mol. The van der Waals surface area contributed by atoms with Gasteiger partial charge in [-0.05, 0) is 36.5 Å². The molecular weight excluding hydrogens is 370 g/mol. The zero-order valence-corrected chi connectivity index (χ0v) is 16.7. The average molecular weight is 402 g/mol. The number of anilines is 1. The minimum atomic E-state index is -1.03. The van der Waals surface area contributed by atoms with Crippen LogP contribution in [0.2, 0.25) is 0 Å². The van der Waals surface area contributed by atoms with Crippen LogP contribution < -0.4 is 5.32 Å². The third-order valence-electron chi connectivity index (χ3n) is 5.50. The van der Waals surface area contributed by atoms with Crippen LogP contribution in [0.4, 0.5) is 5.69 Å². The molecular formula is C22H31N3O4. The maximum Gasteiger partial charge on any atom is 0.310 e. The number of nitrogens with one attached hydrogen (secondary N) is 2. The molecule has 0 bridgehead atoms. The second-order valence-electron chi connectivity index (χ2n) is 7.77. The van der Waals surface area contributed by atoms with Crippen LogP contribution in [0.3, 0.4) is 0 Å². The monoisotopic (exact) mass is 401 g/mol. The number of hydrogen-bond donors (Lipinski definition) is 4. The number of ether oxygens (including phenoxy) is 1. The minimum absolute atomic E-state index is 0.130. The smallest absolute Gasteiger partial charge is 0.310 e. The van der Waals surface area contributed by atoms with Crippen molar-refractivity contribution in [3.05, 3.63) is 48.0 Å². The number of carbonyl (C=O) groups excluding carboxylic acids is 1. The summed E-state index contributed by atoms with van der Waals surface area (Å²) < 4.78 is 4.96. The molecule has 2 unspecified atom stereocenters. The van der Waals surface area contributed by atoms with Gasteiger partial charge in [-0.2, -0.15) is 0 Å². The van der Waals surface area contributed by atoms with E-state index in [-0.39, 0.29) is 19.1 Å². The normalized spacial score (nSPS) is 17.3. The number of H-pyrrole nitrogens is 1. The molecule has 4 N–H and O–H groups in total. The quantitative estimate of drug-likeness (QED) is 0.380. The Morgan fingerprint density at radius 1 is 1.21 bits per heavy atom. The van der Waals surface area contributed by atoms with Crippen molar-refractivity contribution in [2.45, 2.75) is 57.1 Å². The summed E-state index contributed by atoms with van der Waals surface area (Å²) in [6.45, 7) is -0.617. The predicted octanol–water partition coefficient (Wildman–Crippen LogP) is 2.97. The van der Waals surface area contributed by atoms with Gasteiger partial charge < -0.3 is 25.3 Å². The minimum Gasteiger partial charge on any atom is -0.463 e. The lowest BCUT2D eigenvalue weighted by molar-refractivity contribution is -0.146. The summed E-state index contributed by atoms with van der Waals surface area (Å²) in [5.41, 5.74) is 2.94. The fourth-order valence-corrected chi connectivity index (χ4v) is 3.89. The summed E-state index contributed by atoms with van der Waals surface area (Å²) in [7, 11) is 0. The molecule has 1 saturated carbocycles. The number of nitrogens with zero attached hydrogens (tertiary/aromatic N) is 1. The van der Waals surface area contributed by atoms with Crippen molar-refractivity contribution in [2.24, 2.45) is 5.92 Å². The fraction of sp³-hybridized carbons (Fsp3) is 0.545. The Morgan fingerprint density at radius 3 is 2.55 bits per heavy atom. The van der Waals surface area contributed by atoms with Crippen LogP contribution in [-0.4, -0.2) is 45.5 Å². The number of carbonyl (C=O) groups is 1. The molecule has 7 nitrogen and oxygen atoms in total. The lowest BCUT2D eigenvalue weighted by Crippen LogP contribution is -2.22. The number of aromatic nitrogens is 2. The SMILES string of the molecule is O=C(Cc1ccc(NC(c2cnc[nH]2)C2CCCCCC2)cc1)OCC(O)CO. The highest BCUT2D eigenvalue weighted by Crippen LogP contribution is 2.35. The Balaban J connectivity index is 1.61. The molecule has 0 aliphatic heterocycles. The van der Waals surface area contributed by atoms with Crippen LogP contribution in [0.25, 0.3) is 0 Å². The molecule has 0 spiro atoms. The van der Waals surface area contributed by atoms with Gasteiger partial charge in [0.2, 0.25) is 0 Å². The first-order chi connectivity index (χ1) is 14.2. The van der Waals surface area contributed by atoms with Gasteiger partial charge in [0.25, 0.3) is 0 Å². The van der Waals surface area contributed by atoms with Crippen molar-refractivity contribution in [3.8, 4) is 0 Å². The first kappa shape index (κ1) is 21.3. The van der Waals surface area contributed by atoms with Gasteiger partial charge in [-0.25, -0.2) is 4.98 Å². The molecule has 1 aliphatic carbocycles. The molecule has 3 rings (SSSR count). The summed E-state index contributed by atoms with van der Waals surface area (Å²) in [6.07, 6.45) is 10.3. The van der Waals surface area contributed by atoms with Gasteiger partial charge in [-0.15, -0.1) is 0 Å². The lowest BCUT2D eigenvalue weighted by atomic mass is 9.89. The molecule has 1 aromatic carbocycles. The summed E-state index contributed by atoms with van der Waals surface area (Å²) in [4.78, 5) is 19.3. The van der Waals surface area contributed by atoms with Crippen LogP contribution in [0.1, 0.15) is 55.8 Å². The molecule has 1 aromatic heterocycles. The number of benzene rings is 1. The van der Waals surface area contributed by atoms with Crippen LogP contribution in [-0.2, 0) is 16.0 Å². The standard InChI is InChI=1S/C22H31N3O4/c26-13-19(27)14-29-21(28)11-16-7-9-18(10-8-16)25-22(20-12-23-15-24-20)17-5-3-1-2-4-6-17/h7-10,12,15,17,19,22,25-27H,1-6,11,13-14H2,(H,23,24). The van der Waals surface area contributed by atoms with Crippen molar-refractivity contribution in [2.75, 3.05) is 18.5 Å². The Hall–Kier alpha value is -2.38. The Morgan fingerprint density at radius 2 is 1.93 bits per heavy atom. The number of esters is 1. The Kier molecular flexibility index (Phi) is 8.07. The highest BCUT2D eigenvalue weighted by molar-refractivity contribution is 5.72. The van der Waals surface area contributed by atoms with E-state index in [4.69, 9.17) is 9.84 Å². The number of aliphatic hydroxyl groups excluding tert-OH is 2. The van der Waals surface area contributed by atoms with Crippen LogP contribution in [0.15, 0.2) is 36.8 Å². The average Bonchev–Trinajstić information content (AvgIpc) is 3.13. The molecule has 0 amide bonds. The summed E-state index contributed by atoms with van der Waals surface area (Å²) in [6, 6.07) is 7.95. The van der Waals surface area contributed by atoms with Crippen molar-refractivity contribution < 1.29 is 19.7 Å². The van der Waals surface area contributed by atoms with E-state index in [1.807, 2.05) is 30.5 Å². The molecule has 1 heterocycles. The largest absolute Gasteiger partial charge is 0.463 e. The number of imidazole rings is 1. The fourth-order valence-electron chi connectivity index (χ4n) is 3.89. The number of aliphatic hydroxyl groups is 2. The van der Waals surface area contributed by atoms with E-state index in [0.29, 0.717) is 5.92 Å². The van der Waals surface area contributed by atoms with Gasteiger partial charge in [0, 0.05) is 5.69 Å². The summed E-state index contributed by atoms with van der Waals surface area (Å²) in [5, 5.41) is 21.7. The highest BCUT2D eigenvalue weighted by atomic mass is 16.5. The molecule has 29 heavy (non-hydrogen) atoms. The third kappa shape index (κ3) is 6.58. The highest BCUT2D eigenvalue weighted by Gasteiger charge is 2.25. The van der Waals surface area contributed by atoms with Crippen LogP contribution in [0, 0.1) is 5.92 Å². The molecule has 158 valence electrons. The molecule has 1 fully saturated rings. The van der Waals surface area contributed by atoms with E-state index in [1.165, 1.54) is 38.5 Å². The van der Waals surface area contributed by atoms with E-state index < -0.39 is 18.7 Å². The molecule has 1 aliphatic rings. The first-order valence-electron chi connectivity index (χ1n) is 10.4. The lowest BCUT2D eigenvalue weighted by Gasteiger charge is -2.27. The zero-order valence-electron chi connectivity index (χ0n) is 16.7. The summed E-state index contributed by atoms with van der Waals surface area (Å²) in [5.74, 6) is 0.137. The van der Waals surface area contributed by atoms with Gasteiger partial charge in [0.15, 0.2) is 0 Å². The van der Waals surface area contributed by atoms with E-state index in [1.54, 1.807) is 6.33 Å². The second-order valence-corrected chi connectivity index (χ2v) is 7.77.